The molecule has 0 amide bonds. The second kappa shape index (κ2) is 9.53. The monoisotopic (exact) mass is 522 g/mol. The number of benzene rings is 2. The summed E-state index contributed by atoms with van der Waals surface area (Å²) in [5.41, 5.74) is 5.96. The van der Waals surface area contributed by atoms with Crippen LogP contribution in [0.15, 0.2) is 72.9 Å². The lowest BCUT2D eigenvalue weighted by molar-refractivity contribution is 0.415. The van der Waals surface area contributed by atoms with Crippen LogP contribution in [0.4, 0.5) is 5.69 Å². The second-order valence-electron chi connectivity index (χ2n) is 8.43. The third-order valence-corrected chi connectivity index (χ3v) is 7.53. The number of halogens is 2. The van der Waals surface area contributed by atoms with Gasteiger partial charge in [-0.3, -0.25) is 4.98 Å². The van der Waals surface area contributed by atoms with Gasteiger partial charge in [-0.25, -0.2) is 0 Å². The van der Waals surface area contributed by atoms with Crippen molar-refractivity contribution in [2.45, 2.75) is 25.9 Å². The molecular weight excluding hydrogens is 499 g/mol. The molecule has 0 unspecified atom stereocenters. The van der Waals surface area contributed by atoms with Gasteiger partial charge in [0.05, 0.1) is 40.6 Å². The fourth-order valence-corrected chi connectivity index (χ4v) is 5.54. The van der Waals surface area contributed by atoms with E-state index in [-0.39, 0.29) is 12.1 Å². The standard InChI is InChI=1S/C27H24Cl2N4OS/c1-16-15-20(17(2)32(16)23-9-6-7-21(28)24(23)29)26-25(22-8-4-5-14-30-22)31-27(35)33(26)18-10-12-19(34-3)13-11-18/h4-15,25-26H,1-3H3,(H,31,35)/t25-,26-/m0/s1. The van der Waals surface area contributed by atoms with Crippen molar-refractivity contribution in [2.24, 2.45) is 0 Å². The number of thiocarbonyl (C=S) groups is 1. The van der Waals surface area contributed by atoms with Crippen LogP contribution in [0.25, 0.3) is 5.69 Å². The van der Waals surface area contributed by atoms with E-state index in [9.17, 15) is 0 Å². The van der Waals surface area contributed by atoms with Crippen molar-refractivity contribution in [1.82, 2.24) is 14.9 Å². The molecule has 4 aromatic rings. The maximum absolute atomic E-state index is 6.62. The smallest absolute Gasteiger partial charge is 0.174 e. The molecule has 1 saturated heterocycles. The van der Waals surface area contributed by atoms with Gasteiger partial charge in [-0.2, -0.15) is 0 Å². The average Bonchev–Trinajstić information content (AvgIpc) is 3.36. The first kappa shape index (κ1) is 23.7. The number of anilines is 1. The molecule has 2 aromatic heterocycles. The van der Waals surface area contributed by atoms with Crippen molar-refractivity contribution < 1.29 is 4.74 Å². The van der Waals surface area contributed by atoms with Crippen molar-refractivity contribution >= 4 is 46.2 Å². The van der Waals surface area contributed by atoms with Crippen molar-refractivity contribution in [3.8, 4) is 11.4 Å². The highest BCUT2D eigenvalue weighted by atomic mass is 35.5. The number of methoxy groups -OCH3 is 1. The number of nitrogens with one attached hydrogen (secondary N) is 1. The molecule has 1 aliphatic rings. The second-order valence-corrected chi connectivity index (χ2v) is 9.60. The number of rotatable bonds is 5. The van der Waals surface area contributed by atoms with E-state index in [0.29, 0.717) is 15.2 Å². The van der Waals surface area contributed by atoms with Crippen molar-refractivity contribution in [3.05, 3.63) is 106 Å². The van der Waals surface area contributed by atoms with Crippen LogP contribution in [-0.4, -0.2) is 21.8 Å². The minimum absolute atomic E-state index is 0.135. The normalized spacial score (nSPS) is 17.5. The van der Waals surface area contributed by atoms with E-state index in [1.54, 1.807) is 13.2 Å². The molecule has 2 atom stereocenters. The van der Waals surface area contributed by atoms with Crippen molar-refractivity contribution in [1.29, 1.82) is 0 Å². The number of aromatic nitrogens is 2. The Kier molecular flexibility index (Phi) is 6.45. The summed E-state index contributed by atoms with van der Waals surface area (Å²) in [5.74, 6) is 0.790. The Balaban J connectivity index is 1.68. The Morgan fingerprint density at radius 2 is 1.77 bits per heavy atom. The van der Waals surface area contributed by atoms with Crippen LogP contribution >= 0.6 is 35.4 Å². The molecule has 5 rings (SSSR count). The quantitative estimate of drug-likeness (QED) is 0.286. The average molecular weight is 523 g/mol. The Hall–Kier alpha value is -3.06. The largest absolute Gasteiger partial charge is 0.497 e. The van der Waals surface area contributed by atoms with Gasteiger partial charge >= 0.3 is 0 Å². The summed E-state index contributed by atoms with van der Waals surface area (Å²) in [6, 6.07) is 21.5. The zero-order valence-corrected chi connectivity index (χ0v) is 21.8. The van der Waals surface area contributed by atoms with Crippen LogP contribution in [-0.2, 0) is 0 Å². The SMILES string of the molecule is COc1ccc(N2C(=S)N[C@@H](c3ccccn3)[C@@H]2c2cc(C)n(-c3cccc(Cl)c3Cl)c2C)cc1. The third kappa shape index (κ3) is 4.16. The molecule has 0 bridgehead atoms. The first-order valence-electron chi connectivity index (χ1n) is 11.2. The van der Waals surface area contributed by atoms with Crippen LogP contribution in [0.5, 0.6) is 5.75 Å². The number of ether oxygens (including phenoxy) is 1. The van der Waals surface area contributed by atoms with E-state index < -0.39 is 0 Å². The number of aryl methyl sites for hydroxylation is 1. The minimum Gasteiger partial charge on any atom is -0.497 e. The molecule has 0 radical (unpaired) electrons. The summed E-state index contributed by atoms with van der Waals surface area (Å²) < 4.78 is 7.51. The Morgan fingerprint density at radius 3 is 2.46 bits per heavy atom. The highest BCUT2D eigenvalue weighted by Crippen LogP contribution is 2.44. The first-order valence-corrected chi connectivity index (χ1v) is 12.3. The molecule has 1 N–H and O–H groups in total. The maximum Gasteiger partial charge on any atom is 0.174 e. The fraction of sp³-hybridized carbons (Fsp3) is 0.185. The summed E-state index contributed by atoms with van der Waals surface area (Å²) in [6.07, 6.45) is 1.81. The van der Waals surface area contributed by atoms with Crippen LogP contribution in [0.2, 0.25) is 10.0 Å². The van der Waals surface area contributed by atoms with Gasteiger partial charge in [0.2, 0.25) is 0 Å². The van der Waals surface area contributed by atoms with Gasteiger partial charge in [0.15, 0.2) is 5.11 Å². The fourth-order valence-electron chi connectivity index (χ4n) is 4.81. The predicted octanol–water partition coefficient (Wildman–Crippen LogP) is 6.98. The lowest BCUT2D eigenvalue weighted by atomic mass is 9.96. The molecule has 2 aromatic carbocycles. The molecule has 8 heteroatoms. The molecule has 0 aliphatic carbocycles. The van der Waals surface area contributed by atoms with Crippen LogP contribution < -0.4 is 15.0 Å². The van der Waals surface area contributed by atoms with Gasteiger partial charge < -0.3 is 19.5 Å². The zero-order valence-electron chi connectivity index (χ0n) is 19.5. The molecule has 3 heterocycles. The lowest BCUT2D eigenvalue weighted by Gasteiger charge is -2.28. The summed E-state index contributed by atoms with van der Waals surface area (Å²) >= 11 is 18.8. The Morgan fingerprint density at radius 1 is 1.00 bits per heavy atom. The lowest BCUT2D eigenvalue weighted by Crippen LogP contribution is -2.29. The minimum atomic E-state index is -0.144. The van der Waals surface area contributed by atoms with Crippen LogP contribution in [0.3, 0.4) is 0 Å². The van der Waals surface area contributed by atoms with E-state index in [4.69, 9.17) is 40.2 Å². The zero-order chi connectivity index (χ0) is 24.7. The molecule has 0 spiro atoms. The summed E-state index contributed by atoms with van der Waals surface area (Å²) in [4.78, 5) is 6.81. The maximum atomic E-state index is 6.62. The first-order chi connectivity index (χ1) is 16.9. The summed E-state index contributed by atoms with van der Waals surface area (Å²) in [7, 11) is 1.66. The highest BCUT2D eigenvalue weighted by molar-refractivity contribution is 7.80. The van der Waals surface area contributed by atoms with E-state index in [1.165, 1.54) is 0 Å². The number of hydrogen-bond donors (Lipinski definition) is 1. The predicted molar refractivity (Wildman–Crippen MR) is 146 cm³/mol. The highest BCUT2D eigenvalue weighted by Gasteiger charge is 2.42. The van der Waals surface area contributed by atoms with Gasteiger partial charge in [-0.1, -0.05) is 35.3 Å². The van der Waals surface area contributed by atoms with E-state index in [0.717, 1.165) is 39.8 Å². The molecule has 1 aliphatic heterocycles. The van der Waals surface area contributed by atoms with Gasteiger partial charge in [-0.15, -0.1) is 0 Å². The Bertz CT molecular complexity index is 1390. The van der Waals surface area contributed by atoms with E-state index in [1.807, 2.05) is 60.8 Å². The third-order valence-electron chi connectivity index (χ3n) is 6.41. The molecule has 0 saturated carbocycles. The van der Waals surface area contributed by atoms with Gasteiger partial charge in [0, 0.05) is 23.3 Å². The van der Waals surface area contributed by atoms with Gasteiger partial charge in [-0.05, 0) is 86.2 Å². The number of hydrogen-bond acceptors (Lipinski definition) is 3. The molecule has 1 fully saturated rings. The summed E-state index contributed by atoms with van der Waals surface area (Å²) in [6.45, 7) is 4.17. The van der Waals surface area contributed by atoms with Gasteiger partial charge in [0.1, 0.15) is 5.75 Å². The number of nitrogens with zero attached hydrogens (tertiary/aromatic N) is 3. The topological polar surface area (TPSA) is 42.3 Å². The van der Waals surface area contributed by atoms with Gasteiger partial charge in [0.25, 0.3) is 0 Å². The van der Waals surface area contributed by atoms with Crippen LogP contribution in [0.1, 0.15) is 34.7 Å². The Labute approximate surface area is 220 Å². The van der Waals surface area contributed by atoms with Crippen LogP contribution in [0, 0.1) is 13.8 Å². The van der Waals surface area contributed by atoms with Crippen molar-refractivity contribution in [3.63, 3.8) is 0 Å². The summed E-state index contributed by atoms with van der Waals surface area (Å²) in [5, 5.41) is 5.20. The van der Waals surface area contributed by atoms with E-state index >= 15 is 0 Å². The molecule has 178 valence electrons. The van der Waals surface area contributed by atoms with Crippen molar-refractivity contribution in [2.75, 3.05) is 12.0 Å². The van der Waals surface area contributed by atoms with E-state index in [2.05, 4.69) is 39.7 Å². The molecule has 35 heavy (non-hydrogen) atoms. The molecule has 5 nitrogen and oxygen atoms in total. The number of pyridine rings is 1. The molecular formula is C27H24Cl2N4OS.